The van der Waals surface area contributed by atoms with Crippen LogP contribution in [0.25, 0.3) is 0 Å². The molecule has 0 spiro atoms. The number of hydrogen-bond acceptors (Lipinski definition) is 5. The molecule has 1 heterocycles. The quantitative estimate of drug-likeness (QED) is 0.427. The molecular formula is C6H8N4O4. The fraction of sp³-hybridized carbons (Fsp3) is 0.333. The average Bonchev–Trinajstić information content (AvgIpc) is 2.62. The highest BCUT2D eigenvalue weighted by Crippen LogP contribution is 2.07. The van der Waals surface area contributed by atoms with Gasteiger partial charge >= 0.3 is 5.82 Å². The Labute approximate surface area is 78.1 Å². The zero-order valence-corrected chi connectivity index (χ0v) is 7.06. The van der Waals surface area contributed by atoms with E-state index in [9.17, 15) is 14.9 Å². The summed E-state index contributed by atoms with van der Waals surface area (Å²) in [7, 11) is 0. The lowest BCUT2D eigenvalue weighted by Gasteiger charge is -1.96. The smallest absolute Gasteiger partial charge is 0.343 e. The lowest BCUT2D eigenvalue weighted by molar-refractivity contribution is -0.389. The number of amides is 1. The number of nitrogens with zero attached hydrogens (tertiary/aromatic N) is 2. The maximum atomic E-state index is 11.1. The Balaban J connectivity index is 2.66. The number of H-pyrrole nitrogens is 1. The first-order chi connectivity index (χ1) is 6.65. The van der Waals surface area contributed by atoms with Crippen LogP contribution in [0.3, 0.4) is 0 Å². The molecule has 1 rings (SSSR count). The van der Waals surface area contributed by atoms with Crippen LogP contribution in [-0.2, 0) is 0 Å². The molecule has 3 N–H and O–H groups in total. The molecule has 0 bridgehead atoms. The van der Waals surface area contributed by atoms with Crippen molar-refractivity contribution in [1.29, 1.82) is 0 Å². The van der Waals surface area contributed by atoms with Gasteiger partial charge in [0, 0.05) is 6.54 Å². The molecule has 8 heteroatoms. The molecule has 0 aliphatic carbocycles. The molecule has 1 amide bonds. The van der Waals surface area contributed by atoms with E-state index in [0.717, 1.165) is 6.07 Å². The topological polar surface area (TPSA) is 121 Å². The Morgan fingerprint density at radius 1 is 1.79 bits per heavy atom. The second kappa shape index (κ2) is 4.33. The van der Waals surface area contributed by atoms with Gasteiger partial charge in [0.25, 0.3) is 5.91 Å². The number of aromatic nitrogens is 2. The summed E-state index contributed by atoms with van der Waals surface area (Å²) in [6.45, 7) is -0.113. The van der Waals surface area contributed by atoms with Crippen LogP contribution in [0.2, 0.25) is 0 Å². The van der Waals surface area contributed by atoms with Crippen LogP contribution in [-0.4, -0.2) is 39.3 Å². The Morgan fingerprint density at radius 2 is 2.50 bits per heavy atom. The minimum atomic E-state index is -0.685. The minimum Gasteiger partial charge on any atom is -0.395 e. The summed E-state index contributed by atoms with van der Waals surface area (Å²) in [4.78, 5) is 20.6. The molecule has 0 unspecified atom stereocenters. The third kappa shape index (κ3) is 2.26. The summed E-state index contributed by atoms with van der Waals surface area (Å²) < 4.78 is 0. The van der Waals surface area contributed by atoms with E-state index >= 15 is 0 Å². The molecule has 0 saturated heterocycles. The van der Waals surface area contributed by atoms with Gasteiger partial charge in [0.05, 0.1) is 12.7 Å². The van der Waals surface area contributed by atoms with Crippen molar-refractivity contribution in [2.24, 2.45) is 0 Å². The molecule has 0 aromatic carbocycles. The number of rotatable bonds is 4. The third-order valence-electron chi connectivity index (χ3n) is 1.39. The number of nitro groups is 1. The minimum absolute atomic E-state index is 0.0786. The summed E-state index contributed by atoms with van der Waals surface area (Å²) in [5, 5.41) is 26.4. The summed E-state index contributed by atoms with van der Waals surface area (Å²) in [5.41, 5.74) is -0.0786. The van der Waals surface area contributed by atoms with Gasteiger partial charge in [-0.2, -0.15) is 0 Å². The first kappa shape index (κ1) is 10.1. The average molecular weight is 200 g/mol. The summed E-state index contributed by atoms with van der Waals surface area (Å²) >= 11 is 0. The zero-order chi connectivity index (χ0) is 10.6. The number of hydrogen-bond donors (Lipinski definition) is 3. The highest BCUT2D eigenvalue weighted by atomic mass is 16.6. The first-order valence-corrected chi connectivity index (χ1v) is 3.74. The lowest BCUT2D eigenvalue weighted by Crippen LogP contribution is -2.26. The summed E-state index contributed by atoms with van der Waals surface area (Å²) in [6.07, 6.45) is 0. The van der Waals surface area contributed by atoms with E-state index in [4.69, 9.17) is 5.11 Å². The Morgan fingerprint density at radius 3 is 3.00 bits per heavy atom. The highest BCUT2D eigenvalue weighted by Gasteiger charge is 2.15. The molecule has 0 fully saturated rings. The van der Waals surface area contributed by atoms with Crippen LogP contribution in [0, 0.1) is 10.1 Å². The predicted molar refractivity (Wildman–Crippen MR) is 44.7 cm³/mol. The van der Waals surface area contributed by atoms with E-state index in [-0.39, 0.29) is 24.7 Å². The predicted octanol–water partition coefficient (Wildman–Crippen LogP) is -0.960. The maximum Gasteiger partial charge on any atom is 0.343 e. The number of aromatic amines is 1. The molecule has 0 saturated carbocycles. The Bertz CT molecular complexity index is 347. The second-order valence-corrected chi connectivity index (χ2v) is 2.38. The van der Waals surface area contributed by atoms with Crippen LogP contribution in [0.5, 0.6) is 0 Å². The second-order valence-electron chi connectivity index (χ2n) is 2.38. The van der Waals surface area contributed by atoms with Crippen molar-refractivity contribution in [2.75, 3.05) is 13.2 Å². The Kier molecular flexibility index (Phi) is 3.13. The number of carbonyl (C=O) groups excluding carboxylic acids is 1. The van der Waals surface area contributed by atoms with Gasteiger partial charge in [-0.25, -0.2) is 0 Å². The SMILES string of the molecule is O=C(NCCO)c1cc([N+](=O)[O-])[nH]n1. The van der Waals surface area contributed by atoms with E-state index in [0.29, 0.717) is 0 Å². The van der Waals surface area contributed by atoms with Gasteiger partial charge in [0.15, 0.2) is 5.69 Å². The normalized spacial score (nSPS) is 9.79. The molecular weight excluding hydrogens is 192 g/mol. The van der Waals surface area contributed by atoms with E-state index in [1.54, 1.807) is 0 Å². The fourth-order valence-electron chi connectivity index (χ4n) is 0.781. The molecule has 0 radical (unpaired) electrons. The van der Waals surface area contributed by atoms with Crippen molar-refractivity contribution in [1.82, 2.24) is 15.5 Å². The molecule has 1 aromatic heterocycles. The van der Waals surface area contributed by atoms with Crippen LogP contribution in [0.4, 0.5) is 5.82 Å². The molecule has 14 heavy (non-hydrogen) atoms. The monoisotopic (exact) mass is 200 g/mol. The number of carbonyl (C=O) groups is 1. The van der Waals surface area contributed by atoms with Crippen LogP contribution in [0.15, 0.2) is 6.07 Å². The van der Waals surface area contributed by atoms with Crippen LogP contribution in [0.1, 0.15) is 10.5 Å². The number of nitrogens with one attached hydrogen (secondary N) is 2. The molecule has 0 aliphatic rings. The summed E-state index contributed by atoms with van der Waals surface area (Å²) in [5.74, 6) is -0.914. The number of aliphatic hydroxyl groups excluding tert-OH is 1. The lowest BCUT2D eigenvalue weighted by atomic mass is 10.4. The van der Waals surface area contributed by atoms with Gasteiger partial charge in [-0.3, -0.25) is 4.79 Å². The first-order valence-electron chi connectivity index (χ1n) is 3.74. The van der Waals surface area contributed by atoms with Gasteiger partial charge in [-0.05, 0) is 4.92 Å². The van der Waals surface area contributed by atoms with Crippen molar-refractivity contribution < 1.29 is 14.8 Å². The van der Waals surface area contributed by atoms with Crippen molar-refractivity contribution in [2.45, 2.75) is 0 Å². The maximum absolute atomic E-state index is 11.1. The van der Waals surface area contributed by atoms with E-state index < -0.39 is 10.8 Å². The molecule has 1 aromatic rings. The molecule has 76 valence electrons. The molecule has 8 nitrogen and oxygen atoms in total. The Hall–Kier alpha value is -1.96. The van der Waals surface area contributed by atoms with Gasteiger partial charge in [-0.1, -0.05) is 5.10 Å². The van der Waals surface area contributed by atoms with Crippen LogP contribution >= 0.6 is 0 Å². The van der Waals surface area contributed by atoms with Crippen molar-refractivity contribution in [3.05, 3.63) is 21.9 Å². The fourth-order valence-corrected chi connectivity index (χ4v) is 0.781. The van der Waals surface area contributed by atoms with Gasteiger partial charge < -0.3 is 20.5 Å². The van der Waals surface area contributed by atoms with Gasteiger partial charge in [0.1, 0.15) is 0 Å². The van der Waals surface area contributed by atoms with E-state index in [1.807, 2.05) is 0 Å². The van der Waals surface area contributed by atoms with Crippen molar-refractivity contribution in [3.63, 3.8) is 0 Å². The van der Waals surface area contributed by atoms with Crippen molar-refractivity contribution >= 4 is 11.7 Å². The molecule has 0 atom stereocenters. The third-order valence-corrected chi connectivity index (χ3v) is 1.39. The van der Waals surface area contributed by atoms with Gasteiger partial charge in [-0.15, -0.1) is 5.10 Å². The highest BCUT2D eigenvalue weighted by molar-refractivity contribution is 5.92. The number of aliphatic hydroxyl groups is 1. The van der Waals surface area contributed by atoms with Crippen molar-refractivity contribution in [3.8, 4) is 0 Å². The molecule has 0 aliphatic heterocycles. The largest absolute Gasteiger partial charge is 0.395 e. The zero-order valence-electron chi connectivity index (χ0n) is 7.06. The standard InChI is InChI=1S/C6H8N4O4/c11-2-1-7-6(12)4-3-5(9-8-4)10(13)14/h3,11H,1-2H2,(H,7,12)(H,8,9). The van der Waals surface area contributed by atoms with E-state index in [2.05, 4.69) is 15.5 Å². The van der Waals surface area contributed by atoms with Crippen LogP contribution < -0.4 is 5.32 Å². The van der Waals surface area contributed by atoms with Gasteiger partial charge in [0.2, 0.25) is 0 Å². The van der Waals surface area contributed by atoms with E-state index in [1.165, 1.54) is 0 Å². The summed E-state index contributed by atoms with van der Waals surface area (Å²) in [6, 6.07) is 1.02.